The number of aromatic nitrogens is 2. The number of carbonyl (C=O) groups excluding carboxylic acids is 4. The summed E-state index contributed by atoms with van der Waals surface area (Å²) in [5.41, 5.74) is 9.91. The molecule has 0 unspecified atom stereocenters. The van der Waals surface area contributed by atoms with Crippen molar-refractivity contribution in [1.82, 2.24) is 9.13 Å². The van der Waals surface area contributed by atoms with Crippen LogP contribution in [0.3, 0.4) is 0 Å². The maximum absolute atomic E-state index is 14.7. The zero-order chi connectivity index (χ0) is 60.0. The van der Waals surface area contributed by atoms with Gasteiger partial charge >= 0.3 is 11.9 Å². The maximum atomic E-state index is 14.7. The smallest absolute Gasteiger partial charge is 0.346 e. The minimum Gasteiger partial charge on any atom is -0.386 e. The first-order valence-electron chi connectivity index (χ1n) is 31.9. The molecule has 0 atom stereocenters. The Kier molecular flexibility index (Phi) is 12.5. The molecular formula is C80H67N3O5. The van der Waals surface area contributed by atoms with Crippen molar-refractivity contribution < 1.29 is 23.9 Å². The summed E-state index contributed by atoms with van der Waals surface area (Å²) in [6.07, 6.45) is 9.64. The monoisotopic (exact) mass is 1150 g/mol. The Morgan fingerprint density at radius 3 is 1.15 bits per heavy atom. The van der Waals surface area contributed by atoms with Crippen LogP contribution >= 0.6 is 0 Å². The summed E-state index contributed by atoms with van der Waals surface area (Å²) >= 11 is 0. The van der Waals surface area contributed by atoms with Gasteiger partial charge in [-0.25, -0.2) is 14.5 Å². The van der Waals surface area contributed by atoms with Crippen LogP contribution in [-0.2, 0) is 17.8 Å². The number of benzene rings is 13. The molecule has 17 rings (SSSR count). The molecule has 0 bridgehead atoms. The maximum Gasteiger partial charge on any atom is 0.346 e. The number of aryl methyl sites for hydroxylation is 2. The first-order chi connectivity index (χ1) is 43.0. The lowest BCUT2D eigenvalue weighted by atomic mass is 9.83. The van der Waals surface area contributed by atoms with Crippen molar-refractivity contribution in [2.24, 2.45) is 0 Å². The highest BCUT2D eigenvalue weighted by molar-refractivity contribution is 6.45. The lowest BCUT2D eigenvalue weighted by molar-refractivity contribution is 0.0390. The van der Waals surface area contributed by atoms with Crippen LogP contribution in [0.5, 0.6) is 0 Å². The summed E-state index contributed by atoms with van der Waals surface area (Å²) in [5.74, 6) is -1.33. The fourth-order valence-corrected chi connectivity index (χ4v) is 15.9. The number of anilines is 1. The van der Waals surface area contributed by atoms with Gasteiger partial charge in [0.05, 0.1) is 27.8 Å². The summed E-state index contributed by atoms with van der Waals surface area (Å²) in [5, 5.41) is 22.5. The molecular weight excluding hydrogens is 1080 g/mol. The molecule has 0 aliphatic carbocycles. The van der Waals surface area contributed by atoms with E-state index >= 15 is 0 Å². The third-order valence-corrected chi connectivity index (χ3v) is 19.8. The normalized spacial score (nSPS) is 13.7. The average molecular weight is 1150 g/mol. The lowest BCUT2D eigenvalue weighted by Crippen LogP contribution is -2.41. The molecule has 8 nitrogen and oxygen atoms in total. The number of para-hydroxylation sites is 3. The fourth-order valence-electron chi connectivity index (χ4n) is 15.9. The predicted molar refractivity (Wildman–Crippen MR) is 365 cm³/mol. The molecule has 15 aromatic rings. The molecule has 0 saturated heterocycles. The standard InChI is InChI=1S/C46H42N2O2.C34H25NO3/c1-6-7-8-11-24-47-38-19-10-9-14-33(38)41-34-18-13-17-30-31-20-22-35-43-36(23-21-32(42(31)43)37(40(30)34)25-39(41)47)46(50)48(45(35)49)44-28(26(2)3)15-12-16-29(44)27(4)5;1-2-3-4-7-17-35-27-12-6-5-9-22(27)30-23-11-8-10-19-20-13-15-24-32-25(34(37)38-33(24)36)16-14-21(31(20)32)26(29(19)23)18-28(30)35/h9-10,12-23,25-27H,6-8,11,24H2,1-5H3;5-6,8-16,18H,2-4,7,17H2,1H3. The Morgan fingerprint density at radius 2 is 0.705 bits per heavy atom. The summed E-state index contributed by atoms with van der Waals surface area (Å²) < 4.78 is 10.1. The molecule has 0 radical (unpaired) electrons. The number of cyclic esters (lactones) is 2. The molecule has 2 aliphatic rings. The molecule has 0 fully saturated rings. The van der Waals surface area contributed by atoms with Crippen LogP contribution in [0.2, 0.25) is 0 Å². The number of imide groups is 1. The Hall–Kier alpha value is -9.66. The molecule has 2 aromatic heterocycles. The number of nitrogens with zero attached hydrogens (tertiary/aromatic N) is 3. The molecule has 8 heteroatoms. The van der Waals surface area contributed by atoms with Crippen LogP contribution in [0, 0.1) is 0 Å². The van der Waals surface area contributed by atoms with Gasteiger partial charge in [0.2, 0.25) is 0 Å². The van der Waals surface area contributed by atoms with Gasteiger partial charge in [0, 0.05) is 67.6 Å². The molecule has 0 N–H and O–H groups in total. The average Bonchev–Trinajstić information content (AvgIpc) is 1.11. The lowest BCUT2D eigenvalue weighted by Gasteiger charge is -2.32. The summed E-state index contributed by atoms with van der Waals surface area (Å²) in [6, 6.07) is 57.5. The second-order valence-electron chi connectivity index (χ2n) is 25.4. The van der Waals surface area contributed by atoms with Gasteiger partial charge in [-0.1, -0.05) is 195 Å². The third-order valence-electron chi connectivity index (χ3n) is 19.8. The van der Waals surface area contributed by atoms with Crippen molar-refractivity contribution in [3.63, 3.8) is 0 Å². The Bertz CT molecular complexity index is 5430. The van der Waals surface area contributed by atoms with Crippen LogP contribution in [0.1, 0.15) is 157 Å². The zero-order valence-corrected chi connectivity index (χ0v) is 50.7. The minimum absolute atomic E-state index is 0.150. The first kappa shape index (κ1) is 53.8. The van der Waals surface area contributed by atoms with Crippen molar-refractivity contribution in [2.45, 2.75) is 118 Å². The van der Waals surface area contributed by atoms with Crippen molar-refractivity contribution in [3.8, 4) is 0 Å². The molecule has 2 aliphatic heterocycles. The number of unbranched alkanes of at least 4 members (excludes halogenated alkanes) is 6. The van der Waals surface area contributed by atoms with Gasteiger partial charge in [0.15, 0.2) is 0 Å². The van der Waals surface area contributed by atoms with Crippen LogP contribution in [0.15, 0.2) is 164 Å². The molecule has 0 spiro atoms. The van der Waals surface area contributed by atoms with Gasteiger partial charge in [0.25, 0.3) is 11.8 Å². The Balaban J connectivity index is 0.000000147. The highest BCUT2D eigenvalue weighted by Crippen LogP contribution is 2.51. The van der Waals surface area contributed by atoms with Crippen LogP contribution in [-0.4, -0.2) is 32.9 Å². The number of amides is 2. The summed E-state index contributed by atoms with van der Waals surface area (Å²) in [7, 11) is 0. The second kappa shape index (κ2) is 20.5. The zero-order valence-electron chi connectivity index (χ0n) is 50.7. The van der Waals surface area contributed by atoms with Crippen LogP contribution < -0.4 is 4.90 Å². The highest BCUT2D eigenvalue weighted by atomic mass is 16.6. The SMILES string of the molecule is CCCCCCn1c2ccccc2c2c3cccc4c5ccc6c7c(ccc(c(cc21)c43)c75)C(=O)N(c1c(C(C)C)cccc1C(C)C)C6=O.CCCCCCn1c2ccccc2c2c3cccc4c5ccc6c7c(ccc(c(cc21)c43)c75)C(=O)OC6=O. The van der Waals surface area contributed by atoms with Crippen LogP contribution in [0.4, 0.5) is 5.69 Å². The van der Waals surface area contributed by atoms with Gasteiger partial charge in [-0.15, -0.1) is 0 Å². The van der Waals surface area contributed by atoms with Crippen molar-refractivity contribution in [2.75, 3.05) is 4.90 Å². The molecule has 0 saturated carbocycles. The molecule has 88 heavy (non-hydrogen) atoms. The van der Waals surface area contributed by atoms with E-state index in [-0.39, 0.29) is 23.7 Å². The van der Waals surface area contributed by atoms with E-state index < -0.39 is 11.9 Å². The minimum atomic E-state index is -0.571. The highest BCUT2D eigenvalue weighted by Gasteiger charge is 2.38. The second-order valence-corrected chi connectivity index (χ2v) is 25.4. The molecule has 432 valence electrons. The number of esters is 2. The number of rotatable bonds is 13. The van der Waals surface area contributed by atoms with Crippen molar-refractivity contribution >= 4 is 159 Å². The van der Waals surface area contributed by atoms with E-state index in [1.165, 1.54) is 114 Å². The van der Waals surface area contributed by atoms with Gasteiger partial charge in [-0.05, 0) is 160 Å². The molecule has 2 amide bonds. The van der Waals surface area contributed by atoms with Crippen LogP contribution in [0.25, 0.3) is 130 Å². The number of hydrogen-bond donors (Lipinski definition) is 0. The number of carbonyl (C=O) groups is 4. The van der Waals surface area contributed by atoms with E-state index in [9.17, 15) is 19.2 Å². The number of fused-ring (bicyclic) bond motifs is 12. The van der Waals surface area contributed by atoms with E-state index in [1.807, 2.05) is 42.5 Å². The largest absolute Gasteiger partial charge is 0.386 e. The third kappa shape index (κ3) is 7.63. The molecule has 13 aromatic carbocycles. The summed E-state index contributed by atoms with van der Waals surface area (Å²) in [6.45, 7) is 15.0. The van der Waals surface area contributed by atoms with E-state index in [2.05, 4.69) is 172 Å². The predicted octanol–water partition coefficient (Wildman–Crippen LogP) is 21.2. The van der Waals surface area contributed by atoms with Gasteiger partial charge in [0.1, 0.15) is 0 Å². The van der Waals surface area contributed by atoms with Crippen molar-refractivity contribution in [1.29, 1.82) is 0 Å². The summed E-state index contributed by atoms with van der Waals surface area (Å²) in [4.78, 5) is 56.2. The molecule has 4 heterocycles. The Labute approximate surface area is 509 Å². The topological polar surface area (TPSA) is 90.6 Å². The fraction of sp³-hybridized carbons (Fsp3) is 0.225. The van der Waals surface area contributed by atoms with E-state index in [1.54, 1.807) is 0 Å². The van der Waals surface area contributed by atoms with E-state index in [4.69, 9.17) is 4.74 Å². The Morgan fingerprint density at radius 1 is 0.330 bits per heavy atom. The van der Waals surface area contributed by atoms with E-state index in [0.717, 1.165) is 96.6 Å². The quantitative estimate of drug-likeness (QED) is 0.0286. The number of ether oxygens (including phenoxy) is 1. The van der Waals surface area contributed by atoms with Crippen molar-refractivity contribution in [3.05, 3.63) is 197 Å². The van der Waals surface area contributed by atoms with E-state index in [0.29, 0.717) is 27.6 Å². The van der Waals surface area contributed by atoms with Gasteiger partial charge in [-0.3, -0.25) is 9.59 Å². The first-order valence-corrected chi connectivity index (χ1v) is 31.9. The van der Waals surface area contributed by atoms with Gasteiger partial charge in [-0.2, -0.15) is 0 Å². The number of hydrogen-bond acceptors (Lipinski definition) is 5. The van der Waals surface area contributed by atoms with Gasteiger partial charge < -0.3 is 13.9 Å².